The van der Waals surface area contributed by atoms with Gasteiger partial charge in [0.25, 0.3) is 0 Å². The van der Waals surface area contributed by atoms with Crippen LogP contribution in [0.15, 0.2) is 47.5 Å². The standard InChI is InChI=1S/C17H12N3.C4H9.K/c1-11-8-9-14-16-12(11)5-4-6-13(16)17-19-15(18)7-2-3-10-20(14)17;1-3-4-2;/h2,4-10,18H,1H3;1,3-4H2,2H3;/q2*-1;+1/b7-2-,18-15?,19-17?;;. The maximum absolute atomic E-state index is 7.86. The van der Waals surface area contributed by atoms with Crippen LogP contribution in [-0.2, 0) is 0 Å². The number of unbranched alkanes of at least 4 members (excludes halogenated alkanes) is 1. The van der Waals surface area contributed by atoms with Crippen LogP contribution in [-0.4, -0.2) is 10.4 Å². The van der Waals surface area contributed by atoms with Crippen molar-refractivity contribution in [2.24, 2.45) is 4.99 Å². The topological polar surface area (TPSA) is 41.1 Å². The SMILES string of the molecule is Cc1ccc2c3c1cccc3c1n2C=[C-]/C=C\C(=N)N=1.[CH2-]CCC.[K+]. The molecule has 0 radical (unpaired) electrons. The van der Waals surface area contributed by atoms with Gasteiger partial charge < -0.3 is 16.9 Å². The van der Waals surface area contributed by atoms with Crippen molar-refractivity contribution < 1.29 is 51.4 Å². The van der Waals surface area contributed by atoms with Gasteiger partial charge in [-0.2, -0.15) is 12.5 Å². The summed E-state index contributed by atoms with van der Waals surface area (Å²) in [4.78, 5) is 4.44. The number of amidine groups is 1. The Bertz CT molecular complexity index is 1010. The molecule has 3 nitrogen and oxygen atoms in total. The predicted molar refractivity (Wildman–Crippen MR) is 102 cm³/mol. The van der Waals surface area contributed by atoms with Crippen LogP contribution in [0.4, 0.5) is 0 Å². The summed E-state index contributed by atoms with van der Waals surface area (Å²) in [7, 11) is 0. The van der Waals surface area contributed by atoms with Gasteiger partial charge in [0.1, 0.15) is 5.49 Å². The Labute approximate surface area is 191 Å². The molecule has 4 rings (SSSR count). The first-order valence-electron chi connectivity index (χ1n) is 8.21. The molecule has 0 aliphatic carbocycles. The summed E-state index contributed by atoms with van der Waals surface area (Å²) >= 11 is 0. The van der Waals surface area contributed by atoms with Crippen molar-refractivity contribution in [1.29, 1.82) is 5.41 Å². The third-order valence-electron chi connectivity index (χ3n) is 4.09. The van der Waals surface area contributed by atoms with E-state index >= 15 is 0 Å². The van der Waals surface area contributed by atoms with Gasteiger partial charge in [0, 0.05) is 10.8 Å². The number of hydrogen-bond donors (Lipinski definition) is 1. The largest absolute Gasteiger partial charge is 1.00 e. The Morgan fingerprint density at radius 2 is 1.92 bits per heavy atom. The van der Waals surface area contributed by atoms with Crippen molar-refractivity contribution in [2.45, 2.75) is 26.7 Å². The molecule has 3 aromatic rings. The van der Waals surface area contributed by atoms with Gasteiger partial charge in [-0.1, -0.05) is 43.8 Å². The van der Waals surface area contributed by atoms with E-state index in [9.17, 15) is 0 Å². The fraction of sp³-hybridized carbons (Fsp3) is 0.190. The van der Waals surface area contributed by atoms with E-state index in [1.165, 1.54) is 22.8 Å². The molecule has 1 aliphatic rings. The van der Waals surface area contributed by atoms with Crippen molar-refractivity contribution in [3.63, 3.8) is 0 Å². The van der Waals surface area contributed by atoms with Crippen LogP contribution < -0.4 is 56.9 Å². The maximum Gasteiger partial charge on any atom is 1.00 e. The quantitative estimate of drug-likeness (QED) is 0.512. The molecule has 2 aromatic carbocycles. The fourth-order valence-corrected chi connectivity index (χ4v) is 2.81. The Morgan fingerprint density at radius 3 is 2.64 bits per heavy atom. The molecule has 25 heavy (non-hydrogen) atoms. The molecule has 0 saturated heterocycles. The first-order valence-corrected chi connectivity index (χ1v) is 8.21. The van der Waals surface area contributed by atoms with Gasteiger partial charge >= 0.3 is 51.4 Å². The molecule has 0 saturated carbocycles. The first-order chi connectivity index (χ1) is 11.7. The van der Waals surface area contributed by atoms with E-state index in [2.05, 4.69) is 56.1 Å². The third kappa shape index (κ3) is 4.04. The molecule has 122 valence electrons. The van der Waals surface area contributed by atoms with Gasteiger partial charge in [0.05, 0.1) is 11.4 Å². The predicted octanol–water partition coefficient (Wildman–Crippen LogP) is 1.89. The number of aryl methyl sites for hydroxylation is 1. The molecular weight excluding hydrogens is 333 g/mol. The van der Waals surface area contributed by atoms with E-state index in [0.717, 1.165) is 22.8 Å². The second-order valence-corrected chi connectivity index (χ2v) is 5.80. The van der Waals surface area contributed by atoms with E-state index in [1.807, 2.05) is 16.8 Å². The molecule has 0 bridgehead atoms. The van der Waals surface area contributed by atoms with Crippen LogP contribution in [0.5, 0.6) is 0 Å². The monoisotopic (exact) mass is 354 g/mol. The Morgan fingerprint density at radius 1 is 1.20 bits per heavy atom. The minimum absolute atomic E-state index is 0. The summed E-state index contributed by atoms with van der Waals surface area (Å²) in [6, 6.07) is 10.5. The number of nitrogens with one attached hydrogen (secondary N) is 1. The number of allylic oxidation sites excluding steroid dienone is 2. The van der Waals surface area contributed by atoms with E-state index in [4.69, 9.17) is 5.41 Å². The van der Waals surface area contributed by atoms with Gasteiger partial charge in [-0.15, -0.1) is 0 Å². The van der Waals surface area contributed by atoms with Crippen LogP contribution in [0.2, 0.25) is 0 Å². The zero-order valence-corrected chi connectivity index (χ0v) is 18.3. The number of benzene rings is 2. The zero-order valence-electron chi connectivity index (χ0n) is 15.1. The van der Waals surface area contributed by atoms with E-state index in [1.54, 1.807) is 12.2 Å². The van der Waals surface area contributed by atoms with Gasteiger partial charge in [0.15, 0.2) is 0 Å². The molecule has 0 unspecified atom stereocenters. The third-order valence-corrected chi connectivity index (χ3v) is 4.09. The smallest absolute Gasteiger partial charge is 0.343 e. The zero-order chi connectivity index (χ0) is 17.1. The van der Waals surface area contributed by atoms with Crippen molar-refractivity contribution in [1.82, 2.24) is 4.57 Å². The van der Waals surface area contributed by atoms with Crippen molar-refractivity contribution in [2.75, 3.05) is 0 Å². The molecule has 1 aromatic heterocycles. The summed E-state index contributed by atoms with van der Waals surface area (Å²) < 4.78 is 2.01. The van der Waals surface area contributed by atoms with Crippen LogP contribution in [0.25, 0.3) is 27.9 Å². The minimum atomic E-state index is 0. The van der Waals surface area contributed by atoms with Gasteiger partial charge in [-0.25, -0.2) is 17.1 Å². The normalized spacial score (nSPS) is 14.0. The van der Waals surface area contributed by atoms with Crippen LogP contribution in [0.1, 0.15) is 25.3 Å². The summed E-state index contributed by atoms with van der Waals surface area (Å²) in [5, 5.41) is 11.4. The molecule has 1 N–H and O–H groups in total. The average Bonchev–Trinajstić information content (AvgIpc) is 2.87. The molecular formula is C21H21KN3-. The van der Waals surface area contributed by atoms with Crippen LogP contribution in [0, 0.1) is 25.3 Å². The fourth-order valence-electron chi connectivity index (χ4n) is 2.81. The Hall–Kier alpha value is -1.04. The number of aromatic nitrogens is 1. The Kier molecular flexibility index (Phi) is 7.34. The summed E-state index contributed by atoms with van der Waals surface area (Å²) in [6.07, 6.45) is 10.6. The number of hydrogen-bond acceptors (Lipinski definition) is 1. The van der Waals surface area contributed by atoms with Gasteiger partial charge in [-0.3, -0.25) is 0 Å². The Balaban J connectivity index is 0.000000411. The first kappa shape index (κ1) is 20.3. The molecule has 1 aliphatic heterocycles. The van der Waals surface area contributed by atoms with E-state index in [0.29, 0.717) is 0 Å². The summed E-state index contributed by atoms with van der Waals surface area (Å²) in [6.45, 7) is 7.84. The van der Waals surface area contributed by atoms with Gasteiger partial charge in [0.2, 0.25) is 0 Å². The molecule has 0 atom stereocenters. The minimum Gasteiger partial charge on any atom is -0.343 e. The van der Waals surface area contributed by atoms with Gasteiger partial charge in [-0.05, 0) is 23.9 Å². The van der Waals surface area contributed by atoms with Crippen LogP contribution >= 0.6 is 0 Å². The maximum atomic E-state index is 7.86. The summed E-state index contributed by atoms with van der Waals surface area (Å²) in [5.41, 5.74) is 3.16. The van der Waals surface area contributed by atoms with Crippen molar-refractivity contribution in [3.8, 4) is 0 Å². The molecule has 0 fully saturated rings. The molecule has 0 spiro atoms. The number of fused-ring (bicyclic) bond motifs is 3. The van der Waals surface area contributed by atoms with Crippen molar-refractivity contribution in [3.05, 3.63) is 66.5 Å². The number of nitrogens with zero attached hydrogens (tertiary/aromatic N) is 2. The second kappa shape index (κ2) is 9.06. The molecule has 2 heterocycles. The second-order valence-electron chi connectivity index (χ2n) is 5.80. The summed E-state index contributed by atoms with van der Waals surface area (Å²) in [5.74, 6) is 0.243. The van der Waals surface area contributed by atoms with E-state index in [-0.39, 0.29) is 57.2 Å². The van der Waals surface area contributed by atoms with Crippen LogP contribution in [0.3, 0.4) is 0 Å². The number of rotatable bonds is 1. The molecule has 0 amide bonds. The van der Waals surface area contributed by atoms with E-state index < -0.39 is 0 Å². The average molecular weight is 355 g/mol. The van der Waals surface area contributed by atoms with Crippen molar-refractivity contribution >= 4 is 33.7 Å². The molecule has 4 heteroatoms.